The van der Waals surface area contributed by atoms with Crippen LogP contribution in [-0.4, -0.2) is 25.6 Å². The van der Waals surface area contributed by atoms with Crippen LogP contribution in [0.1, 0.15) is 19.8 Å². The fraction of sp³-hybridized carbons (Fsp3) is 0.462. The minimum atomic E-state index is 0.212. The van der Waals surface area contributed by atoms with Gasteiger partial charge < -0.3 is 14.3 Å². The Balaban J connectivity index is 1.94. The van der Waals surface area contributed by atoms with Crippen molar-refractivity contribution in [3.05, 3.63) is 30.3 Å². The van der Waals surface area contributed by atoms with E-state index < -0.39 is 0 Å². The Hall–Kier alpha value is -1.35. The van der Waals surface area contributed by atoms with Crippen LogP contribution in [-0.2, 0) is 9.53 Å². The third-order valence-electron chi connectivity index (χ3n) is 2.06. The molecule has 0 atom stereocenters. The van der Waals surface area contributed by atoms with E-state index in [0.29, 0.717) is 26.2 Å². The number of rotatable bonds is 8. The summed E-state index contributed by atoms with van der Waals surface area (Å²) in [5.41, 5.74) is 0. The van der Waals surface area contributed by atoms with Gasteiger partial charge in [0.2, 0.25) is 0 Å². The van der Waals surface area contributed by atoms with Gasteiger partial charge in [-0.25, -0.2) is 0 Å². The van der Waals surface area contributed by atoms with Gasteiger partial charge in [-0.2, -0.15) is 0 Å². The predicted molar refractivity (Wildman–Crippen MR) is 62.7 cm³/mol. The molecule has 0 aromatic heterocycles. The van der Waals surface area contributed by atoms with E-state index in [1.165, 1.54) is 0 Å². The van der Waals surface area contributed by atoms with Gasteiger partial charge in [0.05, 0.1) is 6.61 Å². The van der Waals surface area contributed by atoms with Crippen molar-refractivity contribution in [1.82, 2.24) is 0 Å². The van der Waals surface area contributed by atoms with Crippen LogP contribution in [0, 0.1) is 0 Å². The lowest BCUT2D eigenvalue weighted by Gasteiger charge is -2.06. The molecule has 0 bridgehead atoms. The van der Waals surface area contributed by atoms with Crippen molar-refractivity contribution < 1.29 is 14.3 Å². The molecule has 0 spiro atoms. The maximum absolute atomic E-state index is 10.6. The Kier molecular flexibility index (Phi) is 6.26. The molecule has 1 aromatic carbocycles. The quantitative estimate of drug-likeness (QED) is 0.634. The zero-order chi connectivity index (χ0) is 11.6. The van der Waals surface area contributed by atoms with E-state index in [4.69, 9.17) is 9.47 Å². The lowest BCUT2D eigenvalue weighted by atomic mass is 10.2. The van der Waals surface area contributed by atoms with E-state index >= 15 is 0 Å². The molecule has 0 radical (unpaired) electrons. The fourth-order valence-corrected chi connectivity index (χ4v) is 1.26. The average molecular weight is 222 g/mol. The van der Waals surface area contributed by atoms with Crippen LogP contribution < -0.4 is 4.74 Å². The number of para-hydroxylation sites is 1. The molecule has 0 saturated heterocycles. The largest absolute Gasteiger partial charge is 0.491 e. The van der Waals surface area contributed by atoms with Gasteiger partial charge in [0.15, 0.2) is 0 Å². The second kappa shape index (κ2) is 7.88. The average Bonchev–Trinajstić information content (AvgIpc) is 2.29. The highest BCUT2D eigenvalue weighted by Gasteiger charge is 1.94. The number of hydrogen-bond donors (Lipinski definition) is 0. The summed E-state index contributed by atoms with van der Waals surface area (Å²) in [5.74, 6) is 1.07. The minimum absolute atomic E-state index is 0.212. The van der Waals surface area contributed by atoms with Crippen molar-refractivity contribution in [1.29, 1.82) is 0 Å². The van der Waals surface area contributed by atoms with Crippen LogP contribution in [0.15, 0.2) is 30.3 Å². The standard InChI is InChI=1S/C13H18O3/c1-12(14)6-5-9-15-10-11-16-13-7-3-2-4-8-13/h2-4,7-8H,5-6,9-11H2,1H3. The number of hydrogen-bond acceptors (Lipinski definition) is 3. The number of ketones is 1. The molecule has 1 rings (SSSR count). The van der Waals surface area contributed by atoms with E-state index in [0.717, 1.165) is 12.2 Å². The van der Waals surface area contributed by atoms with Gasteiger partial charge in [0.25, 0.3) is 0 Å². The second-order valence-corrected chi connectivity index (χ2v) is 3.58. The van der Waals surface area contributed by atoms with Crippen LogP contribution in [0.4, 0.5) is 0 Å². The highest BCUT2D eigenvalue weighted by molar-refractivity contribution is 5.75. The first kappa shape index (κ1) is 12.7. The van der Waals surface area contributed by atoms with Crippen molar-refractivity contribution >= 4 is 5.78 Å². The molecule has 0 aliphatic rings. The van der Waals surface area contributed by atoms with Crippen molar-refractivity contribution in [2.45, 2.75) is 19.8 Å². The molecule has 1 aromatic rings. The van der Waals surface area contributed by atoms with Gasteiger partial charge in [0.1, 0.15) is 18.1 Å². The molecule has 16 heavy (non-hydrogen) atoms. The smallest absolute Gasteiger partial charge is 0.129 e. The summed E-state index contributed by atoms with van der Waals surface area (Å²) in [6.07, 6.45) is 1.39. The monoisotopic (exact) mass is 222 g/mol. The summed E-state index contributed by atoms with van der Waals surface area (Å²) in [5, 5.41) is 0. The second-order valence-electron chi connectivity index (χ2n) is 3.58. The molecule has 0 fully saturated rings. The highest BCUT2D eigenvalue weighted by Crippen LogP contribution is 2.07. The van der Waals surface area contributed by atoms with E-state index in [2.05, 4.69) is 0 Å². The normalized spacial score (nSPS) is 10.1. The van der Waals surface area contributed by atoms with Gasteiger partial charge in [-0.15, -0.1) is 0 Å². The molecule has 0 heterocycles. The van der Waals surface area contributed by atoms with E-state index in [1.54, 1.807) is 6.92 Å². The van der Waals surface area contributed by atoms with Crippen LogP contribution in [0.5, 0.6) is 5.75 Å². The van der Waals surface area contributed by atoms with Crippen molar-refractivity contribution in [3.8, 4) is 5.75 Å². The summed E-state index contributed by atoms with van der Waals surface area (Å²) in [6.45, 7) is 3.33. The lowest BCUT2D eigenvalue weighted by molar-refractivity contribution is -0.117. The van der Waals surface area contributed by atoms with Gasteiger partial charge in [0, 0.05) is 13.0 Å². The number of carbonyl (C=O) groups is 1. The SMILES string of the molecule is CC(=O)CCCOCCOc1ccccc1. The van der Waals surface area contributed by atoms with Gasteiger partial charge in [-0.3, -0.25) is 0 Å². The summed E-state index contributed by atoms with van der Waals surface area (Å²) in [6, 6.07) is 9.64. The first-order valence-electron chi connectivity index (χ1n) is 5.54. The Morgan fingerprint density at radius 2 is 1.88 bits per heavy atom. The number of Topliss-reactive ketones (excluding diaryl/α,β-unsaturated/α-hetero) is 1. The van der Waals surface area contributed by atoms with Crippen molar-refractivity contribution in [2.24, 2.45) is 0 Å². The third kappa shape index (κ3) is 6.19. The molecule has 3 nitrogen and oxygen atoms in total. The Bertz CT molecular complexity index is 295. The molecular formula is C13H18O3. The zero-order valence-electron chi connectivity index (χ0n) is 9.65. The molecule has 0 unspecified atom stereocenters. The van der Waals surface area contributed by atoms with Crippen molar-refractivity contribution in [2.75, 3.05) is 19.8 Å². The molecule has 3 heteroatoms. The molecule has 0 amide bonds. The maximum atomic E-state index is 10.6. The van der Waals surface area contributed by atoms with Crippen LogP contribution in [0.25, 0.3) is 0 Å². The Morgan fingerprint density at radius 1 is 1.12 bits per heavy atom. The van der Waals surface area contributed by atoms with Gasteiger partial charge >= 0.3 is 0 Å². The zero-order valence-corrected chi connectivity index (χ0v) is 9.65. The lowest BCUT2D eigenvalue weighted by Crippen LogP contribution is -2.08. The van der Waals surface area contributed by atoms with E-state index in [9.17, 15) is 4.79 Å². The summed E-state index contributed by atoms with van der Waals surface area (Å²) < 4.78 is 10.8. The molecular weight excluding hydrogens is 204 g/mol. The van der Waals surface area contributed by atoms with E-state index in [-0.39, 0.29) is 5.78 Å². The maximum Gasteiger partial charge on any atom is 0.129 e. The Morgan fingerprint density at radius 3 is 2.56 bits per heavy atom. The molecule has 0 saturated carbocycles. The van der Waals surface area contributed by atoms with Crippen LogP contribution in [0.2, 0.25) is 0 Å². The molecule has 0 aliphatic heterocycles. The van der Waals surface area contributed by atoms with Gasteiger partial charge in [-0.05, 0) is 25.5 Å². The van der Waals surface area contributed by atoms with Crippen LogP contribution in [0.3, 0.4) is 0 Å². The number of benzene rings is 1. The highest BCUT2D eigenvalue weighted by atomic mass is 16.5. The summed E-state index contributed by atoms with van der Waals surface area (Å²) in [7, 11) is 0. The summed E-state index contributed by atoms with van der Waals surface area (Å²) in [4.78, 5) is 10.6. The minimum Gasteiger partial charge on any atom is -0.491 e. The van der Waals surface area contributed by atoms with Crippen molar-refractivity contribution in [3.63, 3.8) is 0 Å². The molecule has 0 aliphatic carbocycles. The first-order chi connectivity index (χ1) is 7.79. The first-order valence-corrected chi connectivity index (χ1v) is 5.54. The van der Waals surface area contributed by atoms with E-state index in [1.807, 2.05) is 30.3 Å². The number of carbonyl (C=O) groups excluding carboxylic acids is 1. The Labute approximate surface area is 96.4 Å². The van der Waals surface area contributed by atoms with Gasteiger partial charge in [-0.1, -0.05) is 18.2 Å². The molecule has 0 N–H and O–H groups in total. The predicted octanol–water partition coefficient (Wildman–Crippen LogP) is 2.45. The number of ether oxygens (including phenoxy) is 2. The third-order valence-corrected chi connectivity index (χ3v) is 2.06. The molecule has 88 valence electrons. The van der Waals surface area contributed by atoms with Crippen LogP contribution >= 0.6 is 0 Å². The summed E-state index contributed by atoms with van der Waals surface area (Å²) >= 11 is 0. The topological polar surface area (TPSA) is 35.5 Å². The fourth-order valence-electron chi connectivity index (χ4n) is 1.26.